The Morgan fingerprint density at radius 3 is 2.69 bits per heavy atom. The molecule has 16 heavy (non-hydrogen) atoms. The molecule has 1 aliphatic rings. The number of hydrogen-bond donors (Lipinski definition) is 3. The van der Waals surface area contributed by atoms with Crippen LogP contribution in [-0.4, -0.2) is 35.0 Å². The van der Waals surface area contributed by atoms with Crippen LogP contribution in [0.15, 0.2) is 0 Å². The van der Waals surface area contributed by atoms with Gasteiger partial charge in [-0.1, -0.05) is 0 Å². The van der Waals surface area contributed by atoms with Crippen LogP contribution in [0.4, 0.5) is 13.2 Å². The largest absolute Gasteiger partial charge is 0.401 e. The first kappa shape index (κ1) is 13.1. The molecule has 1 heterocycles. The molecule has 1 aliphatic heterocycles. The molecular formula is C7H10F3N3O2S. The number of halogens is 3. The Morgan fingerprint density at radius 2 is 2.19 bits per heavy atom. The number of amides is 2. The van der Waals surface area contributed by atoms with Crippen molar-refractivity contribution in [3.8, 4) is 0 Å². The molecule has 2 atom stereocenters. The molecule has 0 aliphatic carbocycles. The summed E-state index contributed by atoms with van der Waals surface area (Å²) in [6, 6.07) is -1.02. The number of nitrogens with one attached hydrogen (secondary N) is 2. The molecule has 1 fully saturated rings. The predicted molar refractivity (Wildman–Crippen MR) is 51.2 cm³/mol. The number of carbonyl (C=O) groups excluding carboxylic acids is 2. The molecule has 1 saturated heterocycles. The van der Waals surface area contributed by atoms with Crippen molar-refractivity contribution >= 4 is 23.6 Å². The lowest BCUT2D eigenvalue weighted by Gasteiger charge is -2.16. The average molecular weight is 257 g/mol. The Balaban J connectivity index is 2.70. The summed E-state index contributed by atoms with van der Waals surface area (Å²) in [6.45, 7) is 0. The summed E-state index contributed by atoms with van der Waals surface area (Å²) in [5.41, 5.74) is 1.79. The van der Waals surface area contributed by atoms with Crippen molar-refractivity contribution in [2.24, 2.45) is 5.84 Å². The van der Waals surface area contributed by atoms with Gasteiger partial charge in [0.1, 0.15) is 11.3 Å². The molecule has 0 aromatic carbocycles. The lowest BCUT2D eigenvalue weighted by Crippen LogP contribution is -2.49. The van der Waals surface area contributed by atoms with Gasteiger partial charge in [-0.2, -0.15) is 13.2 Å². The summed E-state index contributed by atoms with van der Waals surface area (Å²) in [7, 11) is 0. The van der Waals surface area contributed by atoms with Crippen molar-refractivity contribution in [3.05, 3.63) is 0 Å². The topological polar surface area (TPSA) is 84.2 Å². The van der Waals surface area contributed by atoms with E-state index in [0.29, 0.717) is 11.8 Å². The van der Waals surface area contributed by atoms with Gasteiger partial charge < -0.3 is 5.32 Å². The van der Waals surface area contributed by atoms with Gasteiger partial charge in [0, 0.05) is 12.2 Å². The lowest BCUT2D eigenvalue weighted by molar-refractivity contribution is -0.140. The van der Waals surface area contributed by atoms with Crippen molar-refractivity contribution in [1.82, 2.24) is 10.7 Å². The highest BCUT2D eigenvalue weighted by molar-refractivity contribution is 8.00. The summed E-state index contributed by atoms with van der Waals surface area (Å²) in [5, 5.41) is 0.405. The van der Waals surface area contributed by atoms with E-state index in [1.807, 2.05) is 0 Å². The first-order chi connectivity index (χ1) is 7.34. The zero-order valence-corrected chi connectivity index (χ0v) is 8.82. The first-order valence-electron chi connectivity index (χ1n) is 4.32. The second-order valence-corrected chi connectivity index (χ2v) is 4.43. The van der Waals surface area contributed by atoms with Gasteiger partial charge in [-0.05, 0) is 0 Å². The van der Waals surface area contributed by atoms with Crippen molar-refractivity contribution in [3.63, 3.8) is 0 Å². The molecule has 0 radical (unpaired) electrons. The average Bonchev–Trinajstić information content (AvgIpc) is 2.38. The van der Waals surface area contributed by atoms with Gasteiger partial charge in [0.15, 0.2) is 0 Å². The minimum atomic E-state index is -4.45. The molecule has 5 nitrogen and oxygen atoms in total. The minimum absolute atomic E-state index is 0.154. The maximum atomic E-state index is 12.4. The van der Waals surface area contributed by atoms with Crippen LogP contribution in [-0.2, 0) is 9.59 Å². The number of alkyl halides is 3. The van der Waals surface area contributed by atoms with E-state index in [-0.39, 0.29) is 5.75 Å². The van der Waals surface area contributed by atoms with Crippen LogP contribution < -0.4 is 16.6 Å². The monoisotopic (exact) mass is 257 g/mol. The number of thioether (sulfide) groups is 1. The second kappa shape index (κ2) is 4.91. The maximum absolute atomic E-state index is 12.4. The van der Waals surface area contributed by atoms with Gasteiger partial charge in [0.05, 0.1) is 0 Å². The number of hydrazine groups is 1. The molecule has 0 aromatic heterocycles. The Bertz CT molecular complexity index is 297. The number of hydrogen-bond acceptors (Lipinski definition) is 4. The molecule has 92 valence electrons. The summed E-state index contributed by atoms with van der Waals surface area (Å²) >= 11 is 0.522. The van der Waals surface area contributed by atoms with E-state index in [2.05, 4.69) is 5.32 Å². The number of rotatable bonds is 1. The Labute approximate surface area is 93.3 Å². The van der Waals surface area contributed by atoms with E-state index in [4.69, 9.17) is 5.84 Å². The number of nitrogens with two attached hydrogens (primary N) is 1. The third-order valence-electron chi connectivity index (χ3n) is 1.99. The number of carbonyl (C=O) groups is 2. The van der Waals surface area contributed by atoms with Gasteiger partial charge in [-0.25, -0.2) is 5.84 Å². The normalized spacial score (nSPS) is 26.9. The smallest absolute Gasteiger partial charge is 0.343 e. The van der Waals surface area contributed by atoms with Crippen molar-refractivity contribution in [1.29, 1.82) is 0 Å². The van der Waals surface area contributed by atoms with Gasteiger partial charge in [-0.15, -0.1) is 11.8 Å². The van der Waals surface area contributed by atoms with Crippen molar-refractivity contribution in [2.75, 3.05) is 5.75 Å². The molecule has 0 bridgehead atoms. The molecule has 0 spiro atoms. The van der Waals surface area contributed by atoms with Crippen LogP contribution in [0.25, 0.3) is 0 Å². The summed E-state index contributed by atoms with van der Waals surface area (Å²) in [6.07, 6.45) is -5.13. The van der Waals surface area contributed by atoms with Crippen LogP contribution in [0.5, 0.6) is 0 Å². The fourth-order valence-electron chi connectivity index (χ4n) is 1.19. The molecule has 2 unspecified atom stereocenters. The van der Waals surface area contributed by atoms with Crippen LogP contribution in [0, 0.1) is 0 Å². The highest BCUT2D eigenvalue weighted by atomic mass is 32.2. The summed E-state index contributed by atoms with van der Waals surface area (Å²) in [5.74, 6) is 3.17. The lowest BCUT2D eigenvalue weighted by atomic mass is 10.2. The van der Waals surface area contributed by atoms with Crippen LogP contribution in [0.2, 0.25) is 0 Å². The van der Waals surface area contributed by atoms with Gasteiger partial charge in [0.2, 0.25) is 5.91 Å². The van der Waals surface area contributed by atoms with E-state index < -0.39 is 35.7 Å². The van der Waals surface area contributed by atoms with Crippen molar-refractivity contribution < 1.29 is 22.8 Å². The van der Waals surface area contributed by atoms with E-state index in [1.165, 1.54) is 0 Å². The Kier molecular flexibility index (Phi) is 4.03. The molecular weight excluding hydrogens is 247 g/mol. The third-order valence-corrected chi connectivity index (χ3v) is 3.36. The zero-order chi connectivity index (χ0) is 12.3. The molecule has 1 rings (SSSR count). The predicted octanol–water partition coefficient (Wildman–Crippen LogP) is -0.471. The second-order valence-electron chi connectivity index (χ2n) is 3.20. The molecule has 0 saturated carbocycles. The van der Waals surface area contributed by atoms with Gasteiger partial charge in [-0.3, -0.25) is 15.0 Å². The van der Waals surface area contributed by atoms with Crippen LogP contribution in [0.3, 0.4) is 0 Å². The SMILES string of the molecule is NNC(=O)C1CSC(C(F)(F)F)CC(=O)N1. The quantitative estimate of drug-likeness (QED) is 0.337. The highest BCUT2D eigenvalue weighted by Gasteiger charge is 2.43. The van der Waals surface area contributed by atoms with Crippen LogP contribution >= 0.6 is 11.8 Å². The van der Waals surface area contributed by atoms with Crippen molar-refractivity contribution in [2.45, 2.75) is 23.9 Å². The van der Waals surface area contributed by atoms with E-state index >= 15 is 0 Å². The fraction of sp³-hybridized carbons (Fsp3) is 0.714. The zero-order valence-electron chi connectivity index (χ0n) is 8.00. The van der Waals surface area contributed by atoms with Crippen LogP contribution in [0.1, 0.15) is 6.42 Å². The summed E-state index contributed by atoms with van der Waals surface area (Å²) in [4.78, 5) is 22.2. The summed E-state index contributed by atoms with van der Waals surface area (Å²) < 4.78 is 37.1. The fourth-order valence-corrected chi connectivity index (χ4v) is 2.30. The highest BCUT2D eigenvalue weighted by Crippen LogP contribution is 2.34. The molecule has 4 N–H and O–H groups in total. The third kappa shape index (κ3) is 3.27. The Hall–Kier alpha value is -0.960. The van der Waals surface area contributed by atoms with E-state index in [0.717, 1.165) is 0 Å². The van der Waals surface area contributed by atoms with E-state index in [1.54, 1.807) is 5.43 Å². The van der Waals surface area contributed by atoms with Gasteiger partial charge in [0.25, 0.3) is 5.91 Å². The first-order valence-corrected chi connectivity index (χ1v) is 5.37. The van der Waals surface area contributed by atoms with Gasteiger partial charge >= 0.3 is 6.18 Å². The standard InChI is InChI=1S/C7H10F3N3O2S/c8-7(9,10)4-1-5(14)12-3(2-16-4)6(15)13-11/h3-4H,1-2,11H2,(H,12,14)(H,13,15). The Morgan fingerprint density at radius 1 is 1.56 bits per heavy atom. The van der Waals surface area contributed by atoms with E-state index in [9.17, 15) is 22.8 Å². The molecule has 9 heteroatoms. The maximum Gasteiger partial charge on any atom is 0.401 e. The molecule has 0 aromatic rings. The molecule has 2 amide bonds. The minimum Gasteiger partial charge on any atom is -0.343 e.